The highest BCUT2D eigenvalue weighted by atomic mass is 35.5. The van der Waals surface area contributed by atoms with Gasteiger partial charge in [0.1, 0.15) is 19.0 Å². The number of rotatable bonds is 16. The van der Waals surface area contributed by atoms with Crippen LogP contribution in [0.15, 0.2) is 97.1 Å². The number of hydrogen-bond acceptors (Lipinski definition) is 6. The molecule has 4 aromatic carbocycles. The first kappa shape index (κ1) is 33.0. The molecule has 0 aliphatic rings. The molecule has 0 saturated carbocycles. The molecule has 0 aliphatic heterocycles. The Balaban J connectivity index is 1.39. The van der Waals surface area contributed by atoms with Crippen LogP contribution in [0.4, 0.5) is 5.82 Å². The molecule has 0 radical (unpaired) electrons. The highest BCUT2D eigenvalue weighted by Crippen LogP contribution is 2.31. The van der Waals surface area contributed by atoms with Gasteiger partial charge in [0.15, 0.2) is 17.3 Å². The summed E-state index contributed by atoms with van der Waals surface area (Å²) in [6.07, 6.45) is 5.97. The van der Waals surface area contributed by atoms with Gasteiger partial charge in [0.25, 0.3) is 0 Å². The van der Waals surface area contributed by atoms with Crippen LogP contribution < -0.4 is 14.8 Å². The van der Waals surface area contributed by atoms with E-state index in [1.54, 1.807) is 0 Å². The maximum atomic E-state index is 6.39. The molecular formula is C39H43ClN4O2. The first-order valence-corrected chi connectivity index (χ1v) is 16.5. The molecular weight excluding hydrogens is 592 g/mol. The summed E-state index contributed by atoms with van der Waals surface area (Å²) in [5, 5.41) is 5.32. The van der Waals surface area contributed by atoms with E-state index in [4.69, 9.17) is 31.0 Å². The van der Waals surface area contributed by atoms with Crippen molar-refractivity contribution in [1.29, 1.82) is 0 Å². The van der Waals surface area contributed by atoms with Gasteiger partial charge in [-0.05, 0) is 79.0 Å². The smallest absolute Gasteiger partial charge is 0.162 e. The van der Waals surface area contributed by atoms with E-state index in [9.17, 15) is 0 Å². The standard InChI is InChI=1S/C39H43ClN4O2/c1-4-33(23-24-44(5-2)6-3)41-39-34-20-19-32(40)26-35(34)42-38(43-39)22-18-29-17-21-36(45-27-30-13-9-7-10-14-30)37(25-29)46-28-31-15-11-8-12-16-31/h7-22,25-26,33H,4-6,23-24,27-28H2,1-3H3,(H,41,42,43). The van der Waals surface area contributed by atoms with Gasteiger partial charge >= 0.3 is 0 Å². The number of nitrogens with one attached hydrogen (secondary N) is 1. The Bertz CT molecular complexity index is 1710. The highest BCUT2D eigenvalue weighted by molar-refractivity contribution is 6.31. The number of anilines is 1. The maximum absolute atomic E-state index is 6.39. The van der Waals surface area contributed by atoms with Crippen LogP contribution in [0.25, 0.3) is 23.1 Å². The number of fused-ring (bicyclic) bond motifs is 1. The van der Waals surface area contributed by atoms with Crippen molar-refractivity contribution >= 4 is 40.5 Å². The van der Waals surface area contributed by atoms with Crippen molar-refractivity contribution in [3.05, 3.63) is 125 Å². The summed E-state index contributed by atoms with van der Waals surface area (Å²) in [6, 6.07) is 32.3. The summed E-state index contributed by atoms with van der Waals surface area (Å²) in [7, 11) is 0. The molecule has 6 nitrogen and oxygen atoms in total. The summed E-state index contributed by atoms with van der Waals surface area (Å²) >= 11 is 6.39. The van der Waals surface area contributed by atoms with Crippen LogP contribution >= 0.6 is 11.6 Å². The normalized spacial score (nSPS) is 12.1. The molecule has 0 fully saturated rings. The lowest BCUT2D eigenvalue weighted by molar-refractivity contribution is 0.256. The van der Waals surface area contributed by atoms with Crippen molar-refractivity contribution in [3.63, 3.8) is 0 Å². The number of nitrogens with zero attached hydrogens (tertiary/aromatic N) is 3. The summed E-state index contributed by atoms with van der Waals surface area (Å²) in [6.45, 7) is 10.7. The van der Waals surface area contributed by atoms with Gasteiger partial charge in [-0.1, -0.05) is 105 Å². The van der Waals surface area contributed by atoms with Crippen LogP contribution in [0.3, 0.4) is 0 Å². The molecule has 238 valence electrons. The van der Waals surface area contributed by atoms with Gasteiger partial charge in [-0.3, -0.25) is 0 Å². The monoisotopic (exact) mass is 634 g/mol. The van der Waals surface area contributed by atoms with Gasteiger partial charge in [-0.25, -0.2) is 9.97 Å². The number of aromatic nitrogens is 2. The zero-order valence-corrected chi connectivity index (χ0v) is 27.7. The topological polar surface area (TPSA) is 59.5 Å². The predicted molar refractivity (Wildman–Crippen MR) is 192 cm³/mol. The van der Waals surface area contributed by atoms with E-state index in [1.807, 2.05) is 84.9 Å². The highest BCUT2D eigenvalue weighted by Gasteiger charge is 2.14. The number of ether oxygens (including phenoxy) is 2. The molecule has 1 unspecified atom stereocenters. The Kier molecular flexibility index (Phi) is 12.0. The largest absolute Gasteiger partial charge is 0.485 e. The molecule has 5 aromatic rings. The van der Waals surface area contributed by atoms with Crippen LogP contribution in [0.5, 0.6) is 11.5 Å². The van der Waals surface area contributed by atoms with Crippen molar-refractivity contribution in [2.75, 3.05) is 25.0 Å². The Morgan fingerprint density at radius 1 is 0.761 bits per heavy atom. The molecule has 46 heavy (non-hydrogen) atoms. The van der Waals surface area contributed by atoms with Gasteiger partial charge in [0.05, 0.1) is 5.52 Å². The van der Waals surface area contributed by atoms with Crippen molar-refractivity contribution in [3.8, 4) is 11.5 Å². The van der Waals surface area contributed by atoms with Crippen LogP contribution in [-0.2, 0) is 13.2 Å². The lowest BCUT2D eigenvalue weighted by Gasteiger charge is -2.23. The first-order valence-electron chi connectivity index (χ1n) is 16.2. The Morgan fingerprint density at radius 3 is 2.09 bits per heavy atom. The van der Waals surface area contributed by atoms with Crippen molar-refractivity contribution < 1.29 is 9.47 Å². The molecule has 0 bridgehead atoms. The third-order valence-corrected chi connectivity index (χ3v) is 8.30. The Morgan fingerprint density at radius 2 is 1.43 bits per heavy atom. The van der Waals surface area contributed by atoms with E-state index in [0.717, 1.165) is 65.9 Å². The minimum Gasteiger partial charge on any atom is -0.485 e. The van der Waals surface area contributed by atoms with Crippen LogP contribution in [0, 0.1) is 0 Å². The van der Waals surface area contributed by atoms with E-state index in [-0.39, 0.29) is 0 Å². The fourth-order valence-electron chi connectivity index (χ4n) is 5.26. The third kappa shape index (κ3) is 9.32. The SMILES string of the molecule is CCC(CCN(CC)CC)Nc1nc(C=Cc2ccc(OCc3ccccc3)c(OCc3ccccc3)c2)nc2cc(Cl)ccc12. The molecule has 7 heteroatoms. The summed E-state index contributed by atoms with van der Waals surface area (Å²) in [5.74, 6) is 2.79. The van der Waals surface area contributed by atoms with Crippen molar-refractivity contribution in [1.82, 2.24) is 14.9 Å². The van der Waals surface area contributed by atoms with Gasteiger partial charge in [-0.15, -0.1) is 0 Å². The van der Waals surface area contributed by atoms with E-state index in [2.05, 4.69) is 55.3 Å². The van der Waals surface area contributed by atoms with E-state index in [0.29, 0.717) is 41.6 Å². The molecule has 1 N–H and O–H groups in total. The van der Waals surface area contributed by atoms with E-state index < -0.39 is 0 Å². The molecule has 5 rings (SSSR count). The Hall–Kier alpha value is -4.39. The van der Waals surface area contributed by atoms with Crippen LogP contribution in [-0.4, -0.2) is 40.5 Å². The van der Waals surface area contributed by atoms with Gasteiger partial charge in [-0.2, -0.15) is 0 Å². The average molecular weight is 635 g/mol. The molecule has 1 atom stereocenters. The number of hydrogen-bond donors (Lipinski definition) is 1. The zero-order chi connectivity index (χ0) is 32.1. The fraction of sp³-hybridized carbons (Fsp3) is 0.282. The van der Waals surface area contributed by atoms with E-state index >= 15 is 0 Å². The first-order chi connectivity index (χ1) is 22.5. The quantitative estimate of drug-likeness (QED) is 0.117. The van der Waals surface area contributed by atoms with Gasteiger partial charge in [0.2, 0.25) is 0 Å². The molecule has 0 aliphatic carbocycles. The molecule has 1 aromatic heterocycles. The predicted octanol–water partition coefficient (Wildman–Crippen LogP) is 9.53. The van der Waals surface area contributed by atoms with E-state index in [1.165, 1.54) is 0 Å². The molecule has 1 heterocycles. The van der Waals surface area contributed by atoms with Gasteiger partial charge in [0, 0.05) is 23.0 Å². The summed E-state index contributed by atoms with van der Waals surface area (Å²) < 4.78 is 12.5. The van der Waals surface area contributed by atoms with Crippen molar-refractivity contribution in [2.45, 2.75) is 52.9 Å². The second-order valence-electron chi connectivity index (χ2n) is 11.2. The lowest BCUT2D eigenvalue weighted by Crippen LogP contribution is -2.30. The summed E-state index contributed by atoms with van der Waals surface area (Å²) in [5.41, 5.74) is 3.94. The molecule has 0 amide bonds. The molecule has 0 spiro atoms. The van der Waals surface area contributed by atoms with Crippen molar-refractivity contribution in [2.24, 2.45) is 0 Å². The second-order valence-corrected chi connectivity index (χ2v) is 11.7. The second kappa shape index (κ2) is 16.8. The number of halogens is 1. The van der Waals surface area contributed by atoms with Crippen LogP contribution in [0.1, 0.15) is 56.1 Å². The zero-order valence-electron chi connectivity index (χ0n) is 27.0. The lowest BCUT2D eigenvalue weighted by atomic mass is 10.1. The minimum absolute atomic E-state index is 0.291. The Labute approximate surface area is 278 Å². The minimum atomic E-state index is 0.291. The van der Waals surface area contributed by atoms with Gasteiger partial charge < -0.3 is 19.7 Å². The number of benzene rings is 4. The average Bonchev–Trinajstić information content (AvgIpc) is 3.09. The fourth-order valence-corrected chi connectivity index (χ4v) is 5.42. The summed E-state index contributed by atoms with van der Waals surface area (Å²) in [4.78, 5) is 12.2. The van der Waals surface area contributed by atoms with Crippen LogP contribution in [0.2, 0.25) is 5.02 Å². The molecule has 0 saturated heterocycles. The maximum Gasteiger partial charge on any atom is 0.162 e. The third-order valence-electron chi connectivity index (χ3n) is 8.07.